The highest BCUT2D eigenvalue weighted by molar-refractivity contribution is 8.02. The van der Waals surface area contributed by atoms with Crippen molar-refractivity contribution in [3.05, 3.63) is 40.2 Å². The van der Waals surface area contributed by atoms with Gasteiger partial charge in [0.15, 0.2) is 8.68 Å². The molecule has 0 atom stereocenters. The smallest absolute Gasteiger partial charge is 0.336 e. The average Bonchev–Trinajstić information content (AvgIpc) is 3.04. The predicted molar refractivity (Wildman–Crippen MR) is 99.5 cm³/mol. The molecule has 5 nitrogen and oxygen atoms in total. The second-order valence-electron chi connectivity index (χ2n) is 4.92. The molecule has 1 aromatic carbocycles. The lowest BCUT2D eigenvalue weighted by molar-refractivity contribution is 0.414. The molecule has 0 aliphatic rings. The molecule has 0 saturated carbocycles. The molecular weight excluding hydrogens is 364 g/mol. The molecule has 0 N–H and O–H groups in total. The normalized spacial score (nSPS) is 11.1. The maximum absolute atomic E-state index is 11.8. The van der Waals surface area contributed by atoms with Gasteiger partial charge >= 0.3 is 5.63 Å². The van der Waals surface area contributed by atoms with Crippen LogP contribution in [0.1, 0.15) is 18.9 Å². The quantitative estimate of drug-likeness (QED) is 0.443. The minimum atomic E-state index is -0.359. The molecule has 0 amide bonds. The van der Waals surface area contributed by atoms with E-state index >= 15 is 0 Å². The van der Waals surface area contributed by atoms with Crippen LogP contribution in [0.25, 0.3) is 11.0 Å². The number of benzene rings is 1. The first-order valence-corrected chi connectivity index (χ1v) is 10.2. The van der Waals surface area contributed by atoms with Crippen LogP contribution in [0.4, 0.5) is 0 Å². The highest BCUT2D eigenvalue weighted by Crippen LogP contribution is 2.32. The molecule has 0 aliphatic carbocycles. The van der Waals surface area contributed by atoms with E-state index in [-0.39, 0.29) is 5.63 Å². The van der Waals surface area contributed by atoms with Gasteiger partial charge in [-0.2, -0.15) is 0 Å². The second-order valence-corrected chi connectivity index (χ2v) is 8.47. The minimum absolute atomic E-state index is 0.359. The molecule has 126 valence electrons. The van der Waals surface area contributed by atoms with Crippen LogP contribution in [0.15, 0.2) is 42.2 Å². The van der Waals surface area contributed by atoms with E-state index in [2.05, 4.69) is 17.1 Å². The van der Waals surface area contributed by atoms with Crippen LogP contribution < -0.4 is 10.4 Å². The van der Waals surface area contributed by atoms with Gasteiger partial charge in [0.25, 0.3) is 0 Å². The van der Waals surface area contributed by atoms with Crippen LogP contribution in [-0.4, -0.2) is 23.1 Å². The van der Waals surface area contributed by atoms with Crippen molar-refractivity contribution < 1.29 is 9.15 Å². The minimum Gasteiger partial charge on any atom is -0.497 e. The van der Waals surface area contributed by atoms with E-state index in [0.717, 1.165) is 31.8 Å². The van der Waals surface area contributed by atoms with Crippen molar-refractivity contribution in [1.29, 1.82) is 0 Å². The molecule has 0 bridgehead atoms. The summed E-state index contributed by atoms with van der Waals surface area (Å²) < 4.78 is 12.3. The number of hydrogen-bond donors (Lipinski definition) is 0. The third-order valence-corrected chi connectivity index (χ3v) is 6.65. The largest absolute Gasteiger partial charge is 0.497 e. The number of fused-ring (bicyclic) bond motifs is 1. The molecule has 8 heteroatoms. The molecule has 2 heterocycles. The van der Waals surface area contributed by atoms with Crippen molar-refractivity contribution in [2.75, 3.05) is 12.9 Å². The molecule has 0 radical (unpaired) electrons. The van der Waals surface area contributed by atoms with Gasteiger partial charge in [0.2, 0.25) is 0 Å². The Morgan fingerprint density at radius 1 is 1.21 bits per heavy atom. The SMILES string of the molecule is CCCSc1nnc(SCc2cc(=O)oc3cc(OC)ccc23)s1. The van der Waals surface area contributed by atoms with Crippen LogP contribution in [0.5, 0.6) is 5.75 Å². The van der Waals surface area contributed by atoms with E-state index in [1.54, 1.807) is 48.0 Å². The molecule has 0 saturated heterocycles. The average molecular weight is 381 g/mol. The Hall–Kier alpha value is -1.51. The van der Waals surface area contributed by atoms with Crippen LogP contribution >= 0.6 is 34.9 Å². The summed E-state index contributed by atoms with van der Waals surface area (Å²) >= 11 is 4.90. The first kappa shape index (κ1) is 17.3. The fourth-order valence-electron chi connectivity index (χ4n) is 2.10. The molecule has 3 rings (SSSR count). The molecule has 0 aliphatic heterocycles. The van der Waals surface area contributed by atoms with Gasteiger partial charge in [-0.25, -0.2) is 4.79 Å². The fraction of sp³-hybridized carbons (Fsp3) is 0.312. The van der Waals surface area contributed by atoms with Crippen molar-refractivity contribution in [3.8, 4) is 5.75 Å². The first-order chi connectivity index (χ1) is 11.7. The third-order valence-electron chi connectivity index (χ3n) is 3.21. The number of aromatic nitrogens is 2. The topological polar surface area (TPSA) is 65.2 Å². The van der Waals surface area contributed by atoms with Gasteiger partial charge < -0.3 is 9.15 Å². The molecule has 0 unspecified atom stereocenters. The van der Waals surface area contributed by atoms with E-state index in [4.69, 9.17) is 9.15 Å². The standard InChI is InChI=1S/C16H16N2O3S3/c1-3-6-22-15-17-18-16(24-15)23-9-10-7-14(19)21-13-8-11(20-2)4-5-12(10)13/h4-5,7-8H,3,6,9H2,1-2H3. The van der Waals surface area contributed by atoms with Crippen molar-refractivity contribution in [3.63, 3.8) is 0 Å². The van der Waals surface area contributed by atoms with Gasteiger partial charge in [-0.15, -0.1) is 10.2 Å². The van der Waals surface area contributed by atoms with Gasteiger partial charge in [0.1, 0.15) is 11.3 Å². The second kappa shape index (κ2) is 8.04. The molecule has 3 aromatic rings. The van der Waals surface area contributed by atoms with Crippen molar-refractivity contribution in [2.24, 2.45) is 0 Å². The van der Waals surface area contributed by atoms with Crippen LogP contribution in [-0.2, 0) is 5.75 Å². The Morgan fingerprint density at radius 3 is 2.75 bits per heavy atom. The monoisotopic (exact) mass is 380 g/mol. The van der Waals surface area contributed by atoms with E-state index in [1.165, 1.54) is 6.07 Å². The van der Waals surface area contributed by atoms with Crippen molar-refractivity contribution in [1.82, 2.24) is 10.2 Å². The summed E-state index contributed by atoms with van der Waals surface area (Å²) in [6.45, 7) is 2.14. The van der Waals surface area contributed by atoms with Gasteiger partial charge in [-0.05, 0) is 24.1 Å². The summed E-state index contributed by atoms with van der Waals surface area (Å²) in [7, 11) is 1.59. The van der Waals surface area contributed by atoms with Gasteiger partial charge in [0, 0.05) is 29.0 Å². The Morgan fingerprint density at radius 2 is 2.00 bits per heavy atom. The van der Waals surface area contributed by atoms with Crippen LogP contribution in [0.2, 0.25) is 0 Å². The lowest BCUT2D eigenvalue weighted by Gasteiger charge is -2.05. The van der Waals surface area contributed by atoms with Gasteiger partial charge in [0.05, 0.1) is 7.11 Å². The summed E-state index contributed by atoms with van der Waals surface area (Å²) in [5.41, 5.74) is 1.10. The fourth-order valence-corrected chi connectivity index (χ4v) is 5.04. The van der Waals surface area contributed by atoms with Gasteiger partial charge in [-0.3, -0.25) is 0 Å². The number of thioether (sulfide) groups is 2. The van der Waals surface area contributed by atoms with E-state index < -0.39 is 0 Å². The van der Waals surface area contributed by atoms with E-state index in [0.29, 0.717) is 17.1 Å². The zero-order chi connectivity index (χ0) is 16.9. The van der Waals surface area contributed by atoms with E-state index in [9.17, 15) is 4.79 Å². The Labute approximate surface area is 151 Å². The summed E-state index contributed by atoms with van der Waals surface area (Å²) in [6.07, 6.45) is 1.11. The predicted octanol–water partition coefficient (Wildman–Crippen LogP) is 4.45. The molecular formula is C16H16N2O3S3. The first-order valence-electron chi connectivity index (χ1n) is 7.39. The zero-order valence-electron chi connectivity index (χ0n) is 13.3. The van der Waals surface area contributed by atoms with E-state index in [1.807, 2.05) is 12.1 Å². The maximum Gasteiger partial charge on any atom is 0.336 e. The maximum atomic E-state index is 11.8. The third kappa shape index (κ3) is 4.12. The number of ether oxygens (including phenoxy) is 1. The van der Waals surface area contributed by atoms with Crippen LogP contribution in [0.3, 0.4) is 0 Å². The van der Waals surface area contributed by atoms with Crippen LogP contribution in [0, 0.1) is 0 Å². The highest BCUT2D eigenvalue weighted by Gasteiger charge is 2.10. The lowest BCUT2D eigenvalue weighted by Crippen LogP contribution is -2.00. The molecule has 0 spiro atoms. The Bertz CT molecular complexity index is 892. The molecule has 24 heavy (non-hydrogen) atoms. The number of nitrogens with zero attached hydrogens (tertiary/aromatic N) is 2. The Kier molecular flexibility index (Phi) is 5.80. The van der Waals surface area contributed by atoms with Crippen molar-refractivity contribution >= 4 is 45.8 Å². The summed E-state index contributed by atoms with van der Waals surface area (Å²) in [4.78, 5) is 11.8. The number of hydrogen-bond acceptors (Lipinski definition) is 8. The summed E-state index contributed by atoms with van der Waals surface area (Å²) in [6, 6.07) is 7.04. The number of rotatable bonds is 7. The molecule has 0 fully saturated rings. The summed E-state index contributed by atoms with van der Waals surface area (Å²) in [5.74, 6) is 2.35. The molecule has 2 aromatic heterocycles. The summed E-state index contributed by atoms with van der Waals surface area (Å²) in [5, 5.41) is 9.30. The highest BCUT2D eigenvalue weighted by atomic mass is 32.2. The van der Waals surface area contributed by atoms with Crippen molar-refractivity contribution in [2.45, 2.75) is 27.8 Å². The number of methoxy groups -OCH3 is 1. The van der Waals surface area contributed by atoms with Gasteiger partial charge in [-0.1, -0.05) is 41.8 Å². The lowest BCUT2D eigenvalue weighted by atomic mass is 10.1. The zero-order valence-corrected chi connectivity index (χ0v) is 15.7. The Balaban J connectivity index is 1.79.